The highest BCUT2D eigenvalue weighted by Crippen LogP contribution is 2.24. The van der Waals surface area contributed by atoms with E-state index < -0.39 is 18.0 Å². The molecule has 0 aromatic rings. The summed E-state index contributed by atoms with van der Waals surface area (Å²) >= 11 is 0. The first-order chi connectivity index (χ1) is 8.70. The largest absolute Gasteiger partial charge is 0.480 e. The second-order valence-corrected chi connectivity index (χ2v) is 6.00. The molecule has 0 saturated heterocycles. The highest BCUT2D eigenvalue weighted by Gasteiger charge is 2.24. The van der Waals surface area contributed by atoms with E-state index in [9.17, 15) is 9.59 Å². The quantitative estimate of drug-likeness (QED) is 0.635. The average Bonchev–Trinajstić information content (AvgIpc) is 2.31. The van der Waals surface area contributed by atoms with E-state index in [-0.39, 0.29) is 5.41 Å². The number of carbonyl (C=O) groups excluding carboxylic acids is 1. The Kier molecular flexibility index (Phi) is 7.49. The SMILES string of the molecule is CCCC[C@H](NC(=O)NCC(C)(C)C(C)C)C(=O)O. The molecule has 5 heteroatoms. The predicted molar refractivity (Wildman–Crippen MR) is 76.1 cm³/mol. The fourth-order valence-corrected chi connectivity index (χ4v) is 1.39. The van der Waals surface area contributed by atoms with Crippen molar-refractivity contribution in [2.24, 2.45) is 11.3 Å². The van der Waals surface area contributed by atoms with Crippen LogP contribution in [-0.4, -0.2) is 29.7 Å². The number of urea groups is 1. The van der Waals surface area contributed by atoms with Crippen LogP contribution < -0.4 is 10.6 Å². The van der Waals surface area contributed by atoms with E-state index in [2.05, 4.69) is 38.3 Å². The van der Waals surface area contributed by atoms with Gasteiger partial charge in [0, 0.05) is 6.54 Å². The first-order valence-electron chi connectivity index (χ1n) is 6.98. The molecule has 0 aromatic heterocycles. The summed E-state index contributed by atoms with van der Waals surface area (Å²) in [7, 11) is 0. The van der Waals surface area contributed by atoms with Gasteiger partial charge in [0.2, 0.25) is 0 Å². The molecule has 2 amide bonds. The zero-order chi connectivity index (χ0) is 15.1. The highest BCUT2D eigenvalue weighted by molar-refractivity contribution is 5.82. The second kappa shape index (κ2) is 8.02. The van der Waals surface area contributed by atoms with E-state index in [1.165, 1.54) is 0 Å². The number of unbranched alkanes of at least 4 members (excludes halogenated alkanes) is 1. The molecule has 0 heterocycles. The van der Waals surface area contributed by atoms with Gasteiger partial charge < -0.3 is 15.7 Å². The molecule has 5 nitrogen and oxygen atoms in total. The number of amides is 2. The lowest BCUT2D eigenvalue weighted by Crippen LogP contribution is -2.48. The molecule has 3 N–H and O–H groups in total. The van der Waals surface area contributed by atoms with Crippen LogP contribution in [0.1, 0.15) is 53.9 Å². The maximum absolute atomic E-state index is 11.7. The Morgan fingerprint density at radius 3 is 2.26 bits per heavy atom. The molecule has 0 radical (unpaired) electrons. The van der Waals surface area contributed by atoms with Gasteiger partial charge in [0.15, 0.2) is 0 Å². The topological polar surface area (TPSA) is 78.4 Å². The third kappa shape index (κ3) is 7.03. The molecule has 19 heavy (non-hydrogen) atoms. The van der Waals surface area contributed by atoms with Crippen molar-refractivity contribution < 1.29 is 14.7 Å². The van der Waals surface area contributed by atoms with Crippen LogP contribution in [0, 0.1) is 11.3 Å². The molecule has 0 fully saturated rings. The third-order valence-electron chi connectivity index (χ3n) is 3.72. The molecule has 0 saturated carbocycles. The second-order valence-electron chi connectivity index (χ2n) is 6.00. The van der Waals surface area contributed by atoms with Crippen molar-refractivity contribution in [1.29, 1.82) is 0 Å². The van der Waals surface area contributed by atoms with Gasteiger partial charge in [-0.15, -0.1) is 0 Å². The van der Waals surface area contributed by atoms with Crippen LogP contribution in [0.15, 0.2) is 0 Å². The van der Waals surface area contributed by atoms with Crippen molar-refractivity contribution in [3.8, 4) is 0 Å². The number of carboxylic acids is 1. The molecule has 0 aliphatic rings. The fourth-order valence-electron chi connectivity index (χ4n) is 1.39. The maximum atomic E-state index is 11.7. The van der Waals surface area contributed by atoms with Crippen molar-refractivity contribution in [1.82, 2.24) is 10.6 Å². The summed E-state index contributed by atoms with van der Waals surface area (Å²) in [5, 5.41) is 14.3. The van der Waals surface area contributed by atoms with Crippen molar-refractivity contribution in [2.75, 3.05) is 6.54 Å². The minimum absolute atomic E-state index is 0.0144. The number of carbonyl (C=O) groups is 2. The summed E-state index contributed by atoms with van der Waals surface area (Å²) in [5.41, 5.74) is -0.0144. The predicted octanol–water partition coefficient (Wildman–Crippen LogP) is 2.61. The van der Waals surface area contributed by atoms with Gasteiger partial charge >= 0.3 is 12.0 Å². The van der Waals surface area contributed by atoms with Gasteiger partial charge in [0.05, 0.1) is 0 Å². The van der Waals surface area contributed by atoms with E-state index in [1.807, 2.05) is 6.92 Å². The van der Waals surface area contributed by atoms with Crippen molar-refractivity contribution >= 4 is 12.0 Å². The van der Waals surface area contributed by atoms with Crippen LogP contribution >= 0.6 is 0 Å². The van der Waals surface area contributed by atoms with E-state index >= 15 is 0 Å². The van der Waals surface area contributed by atoms with Crippen LogP contribution in [-0.2, 0) is 4.79 Å². The number of rotatable bonds is 8. The van der Waals surface area contributed by atoms with Crippen LogP contribution in [0.3, 0.4) is 0 Å². The number of nitrogens with one attached hydrogen (secondary N) is 2. The molecule has 0 aliphatic heterocycles. The minimum atomic E-state index is -0.980. The van der Waals surface area contributed by atoms with Crippen molar-refractivity contribution in [3.63, 3.8) is 0 Å². The van der Waals surface area contributed by atoms with Crippen molar-refractivity contribution in [2.45, 2.75) is 59.9 Å². The van der Waals surface area contributed by atoms with Gasteiger partial charge in [0.1, 0.15) is 6.04 Å². The first-order valence-corrected chi connectivity index (χ1v) is 6.98. The number of carboxylic acid groups (broad SMARTS) is 1. The molecule has 0 bridgehead atoms. The Morgan fingerprint density at radius 1 is 1.26 bits per heavy atom. The lowest BCUT2D eigenvalue weighted by atomic mass is 9.81. The molecular formula is C14H28N2O3. The van der Waals surface area contributed by atoms with E-state index in [0.717, 1.165) is 12.8 Å². The van der Waals surface area contributed by atoms with E-state index in [0.29, 0.717) is 18.9 Å². The van der Waals surface area contributed by atoms with Gasteiger partial charge in [0.25, 0.3) is 0 Å². The van der Waals surface area contributed by atoms with E-state index in [4.69, 9.17) is 5.11 Å². The summed E-state index contributed by atoms with van der Waals surface area (Å²) in [6.45, 7) is 10.9. The van der Waals surface area contributed by atoms with Crippen molar-refractivity contribution in [3.05, 3.63) is 0 Å². The summed E-state index contributed by atoms with van der Waals surface area (Å²) in [4.78, 5) is 22.7. The van der Waals surface area contributed by atoms with Crippen LogP contribution in [0.4, 0.5) is 4.79 Å². The molecule has 0 aliphatic carbocycles. The standard InChI is InChI=1S/C14H28N2O3/c1-6-7-8-11(12(17)18)16-13(19)15-9-14(4,5)10(2)3/h10-11H,6-9H2,1-5H3,(H,17,18)(H2,15,16,19)/t11-/m0/s1. The smallest absolute Gasteiger partial charge is 0.326 e. The van der Waals surface area contributed by atoms with E-state index in [1.54, 1.807) is 0 Å². The summed E-state index contributed by atoms with van der Waals surface area (Å²) in [6.07, 6.45) is 2.16. The number of aliphatic carboxylic acids is 1. The highest BCUT2D eigenvalue weighted by atomic mass is 16.4. The Labute approximate surface area is 116 Å². The fraction of sp³-hybridized carbons (Fsp3) is 0.857. The van der Waals surface area contributed by atoms with Gasteiger partial charge in [-0.05, 0) is 17.8 Å². The zero-order valence-corrected chi connectivity index (χ0v) is 12.7. The molecule has 112 valence electrons. The van der Waals surface area contributed by atoms with Crippen LogP contribution in [0.5, 0.6) is 0 Å². The summed E-state index contributed by atoms with van der Waals surface area (Å²) in [6, 6.07) is -1.21. The Bertz CT molecular complexity index is 301. The molecule has 0 unspecified atom stereocenters. The van der Waals surface area contributed by atoms with Gasteiger partial charge in [-0.1, -0.05) is 47.5 Å². The lowest BCUT2D eigenvalue weighted by molar-refractivity contribution is -0.139. The average molecular weight is 272 g/mol. The monoisotopic (exact) mass is 272 g/mol. The zero-order valence-electron chi connectivity index (χ0n) is 12.7. The van der Waals surface area contributed by atoms with Gasteiger partial charge in [-0.3, -0.25) is 0 Å². The minimum Gasteiger partial charge on any atom is -0.480 e. The first kappa shape index (κ1) is 17.7. The summed E-state index contributed by atoms with van der Waals surface area (Å²) < 4.78 is 0. The Hall–Kier alpha value is -1.26. The summed E-state index contributed by atoms with van der Waals surface area (Å²) in [5.74, 6) is -0.546. The molecule has 0 rings (SSSR count). The van der Waals surface area contributed by atoms with Gasteiger partial charge in [-0.2, -0.15) is 0 Å². The molecule has 0 spiro atoms. The lowest BCUT2D eigenvalue weighted by Gasteiger charge is -2.29. The van der Waals surface area contributed by atoms with Gasteiger partial charge in [-0.25, -0.2) is 9.59 Å². The number of hydrogen-bond donors (Lipinski definition) is 3. The maximum Gasteiger partial charge on any atom is 0.326 e. The molecule has 1 atom stereocenters. The third-order valence-corrected chi connectivity index (χ3v) is 3.72. The Balaban J connectivity index is 4.24. The normalized spacial score (nSPS) is 13.2. The van der Waals surface area contributed by atoms with Crippen LogP contribution in [0.2, 0.25) is 0 Å². The molecular weight excluding hydrogens is 244 g/mol. The Morgan fingerprint density at radius 2 is 1.84 bits per heavy atom. The number of hydrogen-bond acceptors (Lipinski definition) is 2. The van der Waals surface area contributed by atoms with Crippen LogP contribution in [0.25, 0.3) is 0 Å². The molecule has 0 aromatic carbocycles.